The van der Waals surface area contributed by atoms with Gasteiger partial charge in [-0.05, 0) is 12.8 Å². The van der Waals surface area contributed by atoms with Gasteiger partial charge < -0.3 is 10.2 Å². The van der Waals surface area contributed by atoms with Gasteiger partial charge in [-0.1, -0.05) is 0 Å². The van der Waals surface area contributed by atoms with E-state index in [1.807, 2.05) is 0 Å². The summed E-state index contributed by atoms with van der Waals surface area (Å²) < 4.78 is 0. The molecule has 0 saturated heterocycles. The van der Waals surface area contributed by atoms with Gasteiger partial charge in [-0.25, -0.2) is 0 Å². The van der Waals surface area contributed by atoms with Crippen LogP contribution in [0.15, 0.2) is 18.6 Å². The number of carbonyl (C=O) groups is 1. The molecule has 0 bridgehead atoms. The fourth-order valence-electron chi connectivity index (χ4n) is 1.78. The summed E-state index contributed by atoms with van der Waals surface area (Å²) in [5.41, 5.74) is -0.592. The quantitative estimate of drug-likeness (QED) is 0.689. The second kappa shape index (κ2) is 3.02. The van der Waals surface area contributed by atoms with Gasteiger partial charge in [-0.15, -0.1) is 0 Å². The van der Waals surface area contributed by atoms with Gasteiger partial charge in [0.1, 0.15) is 5.41 Å². The van der Waals surface area contributed by atoms with E-state index in [-0.39, 0.29) is 12.8 Å². The minimum absolute atomic E-state index is 0.223. The van der Waals surface area contributed by atoms with Crippen LogP contribution in [0.25, 0.3) is 0 Å². The molecule has 74 valence electrons. The molecule has 1 aromatic heterocycles. The van der Waals surface area contributed by atoms with Crippen LogP contribution in [0.3, 0.4) is 0 Å². The first kappa shape index (κ1) is 9.08. The predicted octanol–water partition coefficient (Wildman–Crippen LogP) is -0.0463. The van der Waals surface area contributed by atoms with Crippen LogP contribution in [-0.4, -0.2) is 32.3 Å². The number of hydrogen-bond donors (Lipinski definition) is 2. The average molecular weight is 194 g/mol. The fraction of sp³-hybridized carbons (Fsp3) is 0.444. The molecule has 0 atom stereocenters. The molecule has 1 fully saturated rings. The number of aliphatic hydroxyl groups excluding tert-OH is 1. The summed E-state index contributed by atoms with van der Waals surface area (Å²) in [7, 11) is 0. The molecule has 0 amide bonds. The fourth-order valence-corrected chi connectivity index (χ4v) is 1.78. The normalized spacial score (nSPS) is 30.8. The number of rotatable bonds is 2. The molecule has 5 heteroatoms. The van der Waals surface area contributed by atoms with Crippen LogP contribution < -0.4 is 0 Å². The maximum atomic E-state index is 11.1. The molecule has 1 aliphatic carbocycles. The average Bonchev–Trinajstić information content (AvgIpc) is 2.13. The molecule has 5 nitrogen and oxygen atoms in total. The minimum Gasteiger partial charge on any atom is -0.481 e. The highest BCUT2D eigenvalue weighted by Gasteiger charge is 2.52. The van der Waals surface area contributed by atoms with Crippen molar-refractivity contribution in [3.05, 3.63) is 24.3 Å². The van der Waals surface area contributed by atoms with Crippen molar-refractivity contribution < 1.29 is 15.0 Å². The first-order chi connectivity index (χ1) is 6.65. The van der Waals surface area contributed by atoms with Crippen molar-refractivity contribution in [2.24, 2.45) is 0 Å². The largest absolute Gasteiger partial charge is 0.481 e. The molecule has 1 saturated carbocycles. The Morgan fingerprint density at radius 3 is 2.64 bits per heavy atom. The smallest absolute Gasteiger partial charge is 0.316 e. The number of carboxylic acid groups (broad SMARTS) is 1. The SMILES string of the molecule is O=C(O)C1(c2cnccn2)CC(O)C1. The highest BCUT2D eigenvalue weighted by molar-refractivity contribution is 5.82. The second-order valence-electron chi connectivity index (χ2n) is 3.54. The van der Waals surface area contributed by atoms with Gasteiger partial charge in [0.05, 0.1) is 11.8 Å². The van der Waals surface area contributed by atoms with Gasteiger partial charge in [0.15, 0.2) is 0 Å². The van der Waals surface area contributed by atoms with Gasteiger partial charge in [-0.3, -0.25) is 14.8 Å². The Morgan fingerprint density at radius 1 is 1.50 bits per heavy atom. The molecule has 0 aromatic carbocycles. The summed E-state index contributed by atoms with van der Waals surface area (Å²) >= 11 is 0. The summed E-state index contributed by atoms with van der Waals surface area (Å²) in [5, 5.41) is 18.3. The lowest BCUT2D eigenvalue weighted by Crippen LogP contribution is -2.51. The van der Waals surface area contributed by atoms with Gasteiger partial charge in [0.2, 0.25) is 0 Å². The van der Waals surface area contributed by atoms with Crippen LogP contribution >= 0.6 is 0 Å². The third-order valence-corrected chi connectivity index (χ3v) is 2.63. The lowest BCUT2D eigenvalue weighted by Gasteiger charge is -2.40. The van der Waals surface area contributed by atoms with E-state index < -0.39 is 17.5 Å². The minimum atomic E-state index is -1.02. The highest BCUT2D eigenvalue weighted by Crippen LogP contribution is 2.42. The van der Waals surface area contributed by atoms with Crippen molar-refractivity contribution in [2.75, 3.05) is 0 Å². The first-order valence-corrected chi connectivity index (χ1v) is 4.33. The number of hydrogen-bond acceptors (Lipinski definition) is 4. The van der Waals surface area contributed by atoms with E-state index in [0.717, 1.165) is 0 Å². The molecule has 0 spiro atoms. The van der Waals surface area contributed by atoms with Crippen molar-refractivity contribution in [1.82, 2.24) is 9.97 Å². The lowest BCUT2D eigenvalue weighted by atomic mass is 9.65. The van der Waals surface area contributed by atoms with Crippen LogP contribution in [0.1, 0.15) is 18.5 Å². The zero-order valence-electron chi connectivity index (χ0n) is 7.42. The number of aromatic nitrogens is 2. The Balaban J connectivity index is 2.34. The molecule has 1 heterocycles. The van der Waals surface area contributed by atoms with Gasteiger partial charge in [0, 0.05) is 18.6 Å². The summed E-state index contributed by atoms with van der Waals surface area (Å²) in [6.07, 6.45) is 4.31. The van der Waals surface area contributed by atoms with E-state index >= 15 is 0 Å². The van der Waals surface area contributed by atoms with Crippen molar-refractivity contribution in [3.8, 4) is 0 Å². The van der Waals surface area contributed by atoms with Crippen molar-refractivity contribution in [3.63, 3.8) is 0 Å². The molecule has 2 rings (SSSR count). The zero-order valence-corrected chi connectivity index (χ0v) is 7.42. The Labute approximate surface area is 80.4 Å². The third kappa shape index (κ3) is 1.17. The number of aliphatic hydroxyl groups is 1. The van der Waals surface area contributed by atoms with E-state index in [4.69, 9.17) is 5.11 Å². The van der Waals surface area contributed by atoms with E-state index in [1.165, 1.54) is 18.6 Å². The van der Waals surface area contributed by atoms with Crippen LogP contribution in [0.4, 0.5) is 0 Å². The van der Waals surface area contributed by atoms with Crippen LogP contribution in [-0.2, 0) is 10.2 Å². The molecule has 0 radical (unpaired) electrons. The van der Waals surface area contributed by atoms with E-state index in [1.54, 1.807) is 0 Å². The number of aliphatic carboxylic acids is 1. The molecular weight excluding hydrogens is 184 g/mol. The van der Waals surface area contributed by atoms with Crippen LogP contribution in [0.5, 0.6) is 0 Å². The monoisotopic (exact) mass is 194 g/mol. The Bertz CT molecular complexity index is 346. The zero-order chi connectivity index (χ0) is 10.2. The highest BCUT2D eigenvalue weighted by atomic mass is 16.4. The van der Waals surface area contributed by atoms with Gasteiger partial charge in [0.25, 0.3) is 0 Å². The Kier molecular flexibility index (Phi) is 1.96. The Morgan fingerprint density at radius 2 is 2.21 bits per heavy atom. The maximum absolute atomic E-state index is 11.1. The van der Waals surface area contributed by atoms with E-state index in [9.17, 15) is 9.90 Å². The van der Waals surface area contributed by atoms with Gasteiger partial charge >= 0.3 is 5.97 Å². The maximum Gasteiger partial charge on any atom is 0.316 e. The molecule has 0 aliphatic heterocycles. The molecule has 1 aromatic rings. The van der Waals surface area contributed by atoms with Crippen molar-refractivity contribution in [2.45, 2.75) is 24.4 Å². The second-order valence-corrected chi connectivity index (χ2v) is 3.54. The van der Waals surface area contributed by atoms with Gasteiger partial charge in [-0.2, -0.15) is 0 Å². The van der Waals surface area contributed by atoms with Crippen LogP contribution in [0.2, 0.25) is 0 Å². The number of nitrogens with zero attached hydrogens (tertiary/aromatic N) is 2. The van der Waals surface area contributed by atoms with Crippen LogP contribution in [0, 0.1) is 0 Å². The van der Waals surface area contributed by atoms with E-state index in [2.05, 4.69) is 9.97 Å². The first-order valence-electron chi connectivity index (χ1n) is 4.33. The molecule has 14 heavy (non-hydrogen) atoms. The molecular formula is C9H10N2O3. The standard InChI is InChI=1S/C9H10N2O3/c12-6-3-9(4-6,8(13)14)7-5-10-1-2-11-7/h1-2,5-6,12H,3-4H2,(H,13,14). The van der Waals surface area contributed by atoms with Crippen molar-refractivity contribution in [1.29, 1.82) is 0 Å². The summed E-state index contributed by atoms with van der Waals surface area (Å²) in [5.74, 6) is -0.941. The molecule has 2 N–H and O–H groups in total. The van der Waals surface area contributed by atoms with Crippen molar-refractivity contribution >= 4 is 5.97 Å². The lowest BCUT2D eigenvalue weighted by molar-refractivity contribution is -0.153. The van der Waals surface area contributed by atoms with E-state index in [0.29, 0.717) is 5.69 Å². The number of carboxylic acids is 1. The summed E-state index contributed by atoms with van der Waals surface area (Å²) in [6, 6.07) is 0. The molecule has 1 aliphatic rings. The predicted molar refractivity (Wildman–Crippen MR) is 46.6 cm³/mol. The molecule has 0 unspecified atom stereocenters. The topological polar surface area (TPSA) is 83.3 Å². The Hall–Kier alpha value is -1.49. The summed E-state index contributed by atoms with van der Waals surface area (Å²) in [4.78, 5) is 18.9. The third-order valence-electron chi connectivity index (χ3n) is 2.63. The summed E-state index contributed by atoms with van der Waals surface area (Å²) in [6.45, 7) is 0.